The van der Waals surface area contributed by atoms with E-state index in [2.05, 4.69) is 19.9 Å². The predicted molar refractivity (Wildman–Crippen MR) is 98.0 cm³/mol. The monoisotopic (exact) mass is 399 g/mol. The van der Waals surface area contributed by atoms with Crippen LogP contribution in [0.5, 0.6) is 0 Å². The van der Waals surface area contributed by atoms with Crippen LogP contribution in [-0.4, -0.2) is 30.1 Å². The van der Waals surface area contributed by atoms with E-state index in [0.29, 0.717) is 36.5 Å². The number of rotatable bonds is 2. The summed E-state index contributed by atoms with van der Waals surface area (Å²) in [5.41, 5.74) is 0.0178. The van der Waals surface area contributed by atoms with Crippen LogP contribution in [0.15, 0.2) is 0 Å². The SMILES string of the molecule is C[C@]12C[C@H](OCC(F)(F)F)[C@@H](O)C[C@@H]1CC[C@H]1C3CC[C@H](C#N)[C@@]3(C)CC[C@@H]12. The first kappa shape index (κ1) is 20.5. The average Bonchev–Trinajstić information content (AvgIpc) is 2.96. The first-order valence-corrected chi connectivity index (χ1v) is 10.8. The van der Waals surface area contributed by atoms with Crippen molar-refractivity contribution in [1.29, 1.82) is 5.26 Å². The van der Waals surface area contributed by atoms with Crippen LogP contribution < -0.4 is 0 Å². The Labute approximate surface area is 165 Å². The van der Waals surface area contributed by atoms with Gasteiger partial charge >= 0.3 is 6.18 Å². The molecule has 0 aromatic heterocycles. The lowest BCUT2D eigenvalue weighted by atomic mass is 9.44. The van der Waals surface area contributed by atoms with Crippen molar-refractivity contribution in [2.75, 3.05) is 6.61 Å². The third-order valence-electron chi connectivity index (χ3n) is 9.28. The third-order valence-corrected chi connectivity index (χ3v) is 9.28. The molecule has 158 valence electrons. The molecule has 9 atom stereocenters. The average molecular weight is 399 g/mol. The molecule has 1 N–H and O–H groups in total. The van der Waals surface area contributed by atoms with Crippen LogP contribution in [0.1, 0.15) is 65.2 Å². The zero-order chi connectivity index (χ0) is 20.3. The summed E-state index contributed by atoms with van der Waals surface area (Å²) in [6.45, 7) is 3.25. The van der Waals surface area contributed by atoms with Crippen molar-refractivity contribution >= 4 is 0 Å². The minimum atomic E-state index is -4.37. The van der Waals surface area contributed by atoms with E-state index in [4.69, 9.17) is 4.74 Å². The van der Waals surface area contributed by atoms with Crippen LogP contribution in [0.25, 0.3) is 0 Å². The number of nitriles is 1. The molecule has 0 saturated heterocycles. The molecule has 3 nitrogen and oxygen atoms in total. The van der Waals surface area contributed by atoms with Gasteiger partial charge in [0.15, 0.2) is 0 Å². The topological polar surface area (TPSA) is 53.2 Å². The van der Waals surface area contributed by atoms with Gasteiger partial charge in [-0.1, -0.05) is 13.8 Å². The van der Waals surface area contributed by atoms with Gasteiger partial charge in [0.1, 0.15) is 6.61 Å². The van der Waals surface area contributed by atoms with Crippen molar-refractivity contribution in [2.45, 2.75) is 83.6 Å². The molecule has 0 amide bonds. The number of ether oxygens (including phenoxy) is 1. The molecule has 0 spiro atoms. The van der Waals surface area contributed by atoms with Crippen LogP contribution in [0.4, 0.5) is 13.2 Å². The van der Waals surface area contributed by atoms with Crippen molar-refractivity contribution in [2.24, 2.45) is 40.4 Å². The van der Waals surface area contributed by atoms with E-state index in [1.54, 1.807) is 0 Å². The second-order valence-electron chi connectivity index (χ2n) is 10.4. The van der Waals surface area contributed by atoms with Gasteiger partial charge in [-0.15, -0.1) is 0 Å². The number of aliphatic hydroxyl groups is 1. The molecule has 4 aliphatic carbocycles. The summed E-state index contributed by atoms with van der Waals surface area (Å²) in [4.78, 5) is 0. The van der Waals surface area contributed by atoms with E-state index in [0.717, 1.165) is 38.5 Å². The summed E-state index contributed by atoms with van der Waals surface area (Å²) >= 11 is 0. The van der Waals surface area contributed by atoms with Crippen molar-refractivity contribution < 1.29 is 23.0 Å². The van der Waals surface area contributed by atoms with Gasteiger partial charge in [-0.3, -0.25) is 0 Å². The molecule has 4 saturated carbocycles. The normalized spacial score (nSPS) is 51.0. The van der Waals surface area contributed by atoms with Crippen molar-refractivity contribution in [1.82, 2.24) is 0 Å². The highest BCUT2D eigenvalue weighted by Gasteiger charge is 2.61. The van der Waals surface area contributed by atoms with E-state index in [-0.39, 0.29) is 16.7 Å². The summed E-state index contributed by atoms with van der Waals surface area (Å²) in [6.07, 6.45) is 1.49. The van der Waals surface area contributed by atoms with E-state index in [1.165, 1.54) is 0 Å². The lowest BCUT2D eigenvalue weighted by Crippen LogP contribution is -2.57. The minimum Gasteiger partial charge on any atom is -0.390 e. The lowest BCUT2D eigenvalue weighted by Gasteiger charge is -2.61. The Morgan fingerprint density at radius 2 is 1.79 bits per heavy atom. The minimum absolute atomic E-state index is 0.0789. The Bertz CT molecular complexity index is 647. The van der Waals surface area contributed by atoms with Gasteiger partial charge in [-0.05, 0) is 85.9 Å². The molecule has 0 aliphatic heterocycles. The van der Waals surface area contributed by atoms with Gasteiger partial charge in [0.25, 0.3) is 0 Å². The molecule has 4 fully saturated rings. The first-order chi connectivity index (χ1) is 13.1. The molecule has 4 aliphatic rings. The number of hydrogen-bond acceptors (Lipinski definition) is 3. The molecule has 4 rings (SSSR count). The van der Waals surface area contributed by atoms with Gasteiger partial charge in [0.05, 0.1) is 24.2 Å². The van der Waals surface area contributed by atoms with Crippen LogP contribution in [-0.2, 0) is 4.74 Å². The van der Waals surface area contributed by atoms with Crippen LogP contribution in [0, 0.1) is 51.8 Å². The molecular formula is C22H32F3NO2. The molecule has 0 radical (unpaired) electrons. The third kappa shape index (κ3) is 3.17. The van der Waals surface area contributed by atoms with E-state index < -0.39 is 25.0 Å². The molecule has 0 aromatic rings. The zero-order valence-corrected chi connectivity index (χ0v) is 16.8. The summed E-state index contributed by atoms with van der Waals surface area (Å²) in [5.74, 6) is 2.06. The Kier molecular flexibility index (Phi) is 5.03. The van der Waals surface area contributed by atoms with E-state index in [1.807, 2.05) is 0 Å². The largest absolute Gasteiger partial charge is 0.411 e. The maximum absolute atomic E-state index is 12.7. The predicted octanol–water partition coefficient (Wildman–Crippen LogP) is 5.09. The smallest absolute Gasteiger partial charge is 0.390 e. The van der Waals surface area contributed by atoms with Gasteiger partial charge in [0.2, 0.25) is 0 Å². The summed E-state index contributed by atoms with van der Waals surface area (Å²) in [6, 6.07) is 2.55. The van der Waals surface area contributed by atoms with Crippen molar-refractivity contribution in [3.8, 4) is 6.07 Å². The fraction of sp³-hybridized carbons (Fsp3) is 0.955. The van der Waals surface area contributed by atoms with Gasteiger partial charge < -0.3 is 9.84 Å². The highest BCUT2D eigenvalue weighted by Crippen LogP contribution is 2.67. The summed E-state index contributed by atoms with van der Waals surface area (Å²) < 4.78 is 43.2. The number of halogens is 3. The van der Waals surface area contributed by atoms with Crippen LogP contribution in [0.3, 0.4) is 0 Å². The Hall–Kier alpha value is -0.800. The standard InChI is InChI=1S/C22H32F3NO2/c1-20-8-7-17-15(16(20)6-4-14(20)11-26)5-3-13-9-18(27)19(10-21(13,17)2)28-12-22(23,24)25/h13-19,27H,3-10,12H2,1-2H3/t13-,14+,15-,16?,17-,18-,19-,20+,21-/m0/s1. The number of alkyl halides is 3. The Balaban J connectivity index is 1.54. The molecule has 0 bridgehead atoms. The quantitative estimate of drug-likeness (QED) is 0.704. The Morgan fingerprint density at radius 3 is 2.46 bits per heavy atom. The second kappa shape index (κ2) is 6.87. The zero-order valence-electron chi connectivity index (χ0n) is 16.8. The van der Waals surface area contributed by atoms with E-state index >= 15 is 0 Å². The maximum Gasteiger partial charge on any atom is 0.411 e. The van der Waals surface area contributed by atoms with E-state index in [9.17, 15) is 23.5 Å². The van der Waals surface area contributed by atoms with Gasteiger partial charge in [-0.2, -0.15) is 18.4 Å². The maximum atomic E-state index is 12.7. The fourth-order valence-electron chi connectivity index (χ4n) is 7.84. The van der Waals surface area contributed by atoms with Gasteiger partial charge in [-0.25, -0.2) is 0 Å². The fourth-order valence-corrected chi connectivity index (χ4v) is 7.84. The van der Waals surface area contributed by atoms with Crippen LogP contribution in [0.2, 0.25) is 0 Å². The number of aliphatic hydroxyl groups excluding tert-OH is 1. The molecule has 1 unspecified atom stereocenters. The molecule has 0 aromatic carbocycles. The lowest BCUT2D eigenvalue weighted by molar-refractivity contribution is -0.220. The van der Waals surface area contributed by atoms with Crippen molar-refractivity contribution in [3.63, 3.8) is 0 Å². The van der Waals surface area contributed by atoms with Crippen LogP contribution >= 0.6 is 0 Å². The second-order valence-corrected chi connectivity index (χ2v) is 10.4. The molecule has 6 heteroatoms. The molecule has 28 heavy (non-hydrogen) atoms. The number of nitrogens with zero attached hydrogens (tertiary/aromatic N) is 1. The summed E-state index contributed by atoms with van der Waals surface area (Å²) in [7, 11) is 0. The first-order valence-electron chi connectivity index (χ1n) is 10.8. The highest BCUT2D eigenvalue weighted by atomic mass is 19.4. The van der Waals surface area contributed by atoms with Crippen molar-refractivity contribution in [3.05, 3.63) is 0 Å². The Morgan fingerprint density at radius 1 is 1.07 bits per heavy atom. The highest BCUT2D eigenvalue weighted by molar-refractivity contribution is 5.13. The molecular weight excluding hydrogens is 367 g/mol. The van der Waals surface area contributed by atoms with Gasteiger partial charge in [0, 0.05) is 0 Å². The number of fused-ring (bicyclic) bond motifs is 5. The summed E-state index contributed by atoms with van der Waals surface area (Å²) in [5, 5.41) is 20.1. The number of hydrogen-bond donors (Lipinski definition) is 1. The molecule has 0 heterocycles.